The first-order valence-corrected chi connectivity index (χ1v) is 5.42. The maximum atomic E-state index is 11.0. The first-order valence-electron chi connectivity index (χ1n) is 4.62. The van der Waals surface area contributed by atoms with Crippen LogP contribution in [0.5, 0.6) is 11.8 Å². The predicted molar refractivity (Wildman–Crippen MR) is 62.2 cm³/mol. The fraction of sp³-hybridized carbons (Fsp3) is 0.100. The highest BCUT2D eigenvalue weighted by molar-refractivity contribution is 9.10. The third-order valence-corrected chi connectivity index (χ3v) is 2.45. The minimum Gasteiger partial charge on any atom is -0.478 e. The van der Waals surface area contributed by atoms with Gasteiger partial charge in [0, 0.05) is 11.5 Å². The Balaban J connectivity index is 2.37. The molecule has 0 amide bonds. The maximum absolute atomic E-state index is 11.0. The molecule has 0 unspecified atom stereocenters. The molecule has 0 bridgehead atoms. The molecule has 0 fully saturated rings. The highest BCUT2D eigenvalue weighted by Gasteiger charge is 2.13. The zero-order valence-electron chi connectivity index (χ0n) is 8.79. The summed E-state index contributed by atoms with van der Waals surface area (Å²) in [5, 5.41) is 12.9. The molecular weight excluding hydrogens is 290 g/mol. The van der Waals surface area contributed by atoms with Crippen molar-refractivity contribution in [2.24, 2.45) is 7.05 Å². The third-order valence-electron chi connectivity index (χ3n) is 1.95. The lowest BCUT2D eigenvalue weighted by Gasteiger charge is -2.05. The largest absolute Gasteiger partial charge is 0.478 e. The van der Waals surface area contributed by atoms with Gasteiger partial charge in [-0.25, -0.2) is 4.79 Å². The van der Waals surface area contributed by atoms with Crippen molar-refractivity contribution < 1.29 is 14.6 Å². The molecule has 1 heterocycles. The topological polar surface area (TPSA) is 77.2 Å². The Kier molecular flexibility index (Phi) is 3.10. The van der Waals surface area contributed by atoms with Gasteiger partial charge in [0.25, 0.3) is 0 Å². The molecule has 88 valence electrons. The van der Waals surface area contributed by atoms with E-state index in [0.717, 1.165) is 0 Å². The van der Waals surface area contributed by atoms with Crippen LogP contribution < -0.4 is 4.74 Å². The van der Waals surface area contributed by atoms with Gasteiger partial charge in [0.1, 0.15) is 17.6 Å². The Labute approximate surface area is 105 Å². The van der Waals surface area contributed by atoms with Gasteiger partial charge >= 0.3 is 12.0 Å². The number of hydrogen-bond donors (Lipinski definition) is 1. The van der Waals surface area contributed by atoms with E-state index in [1.165, 1.54) is 17.1 Å². The van der Waals surface area contributed by atoms with Gasteiger partial charge in [0.05, 0.1) is 0 Å². The summed E-state index contributed by atoms with van der Waals surface area (Å²) < 4.78 is 7.50. The van der Waals surface area contributed by atoms with E-state index in [4.69, 9.17) is 9.84 Å². The molecule has 0 aliphatic heterocycles. The van der Waals surface area contributed by atoms with Gasteiger partial charge in [-0.05, 0) is 18.2 Å². The standard InChI is InChI=1S/C10H8BrN3O3/c1-14-5-12-10(13-14)17-8-4-6(11)2-3-7(8)9(15)16/h2-5H,1H3,(H,15,16). The number of rotatable bonds is 3. The maximum Gasteiger partial charge on any atom is 0.341 e. The Morgan fingerprint density at radius 3 is 2.88 bits per heavy atom. The predicted octanol–water partition coefficient (Wildman–Crippen LogP) is 2.07. The molecule has 0 radical (unpaired) electrons. The van der Waals surface area contributed by atoms with Gasteiger partial charge < -0.3 is 9.84 Å². The summed E-state index contributed by atoms with van der Waals surface area (Å²) in [7, 11) is 1.69. The Morgan fingerprint density at radius 1 is 1.53 bits per heavy atom. The van der Waals surface area contributed by atoms with Crippen molar-refractivity contribution in [3.63, 3.8) is 0 Å². The summed E-state index contributed by atoms with van der Waals surface area (Å²) in [6.45, 7) is 0. The van der Waals surface area contributed by atoms with Gasteiger partial charge in [-0.15, -0.1) is 5.10 Å². The first-order chi connectivity index (χ1) is 8.06. The molecule has 2 aromatic rings. The van der Waals surface area contributed by atoms with Gasteiger partial charge in [-0.3, -0.25) is 4.68 Å². The van der Waals surface area contributed by atoms with Crippen LogP contribution in [0, 0.1) is 0 Å². The third kappa shape index (κ3) is 2.62. The first kappa shape index (κ1) is 11.6. The number of aryl methyl sites for hydroxylation is 1. The smallest absolute Gasteiger partial charge is 0.341 e. The SMILES string of the molecule is Cn1cnc(Oc2cc(Br)ccc2C(=O)O)n1. The van der Waals surface area contributed by atoms with Crippen molar-refractivity contribution >= 4 is 21.9 Å². The number of carboxylic acids is 1. The lowest BCUT2D eigenvalue weighted by molar-refractivity contribution is 0.0694. The number of aromatic nitrogens is 3. The molecule has 1 N–H and O–H groups in total. The highest BCUT2D eigenvalue weighted by Crippen LogP contribution is 2.26. The Hall–Kier alpha value is -1.89. The van der Waals surface area contributed by atoms with E-state index in [2.05, 4.69) is 26.0 Å². The fourth-order valence-electron chi connectivity index (χ4n) is 1.22. The van der Waals surface area contributed by atoms with Crippen LogP contribution in [0.2, 0.25) is 0 Å². The Morgan fingerprint density at radius 2 is 2.29 bits per heavy atom. The van der Waals surface area contributed by atoms with Crippen molar-refractivity contribution in [2.45, 2.75) is 0 Å². The van der Waals surface area contributed by atoms with Gasteiger partial charge in [-0.2, -0.15) is 4.98 Å². The second kappa shape index (κ2) is 4.54. The molecule has 0 atom stereocenters. The van der Waals surface area contributed by atoms with Crippen molar-refractivity contribution in [1.82, 2.24) is 14.8 Å². The van der Waals surface area contributed by atoms with E-state index in [0.29, 0.717) is 4.47 Å². The minimum atomic E-state index is -1.07. The number of hydrogen-bond acceptors (Lipinski definition) is 4. The second-order valence-electron chi connectivity index (χ2n) is 3.25. The molecule has 0 aliphatic rings. The molecule has 6 nitrogen and oxygen atoms in total. The Bertz CT molecular complexity index is 568. The van der Waals surface area contributed by atoms with E-state index in [1.54, 1.807) is 19.2 Å². The van der Waals surface area contributed by atoms with E-state index < -0.39 is 5.97 Å². The molecule has 0 saturated carbocycles. The van der Waals surface area contributed by atoms with Crippen LogP contribution in [0.4, 0.5) is 0 Å². The van der Waals surface area contributed by atoms with E-state index in [-0.39, 0.29) is 17.3 Å². The van der Waals surface area contributed by atoms with E-state index >= 15 is 0 Å². The molecular formula is C10H8BrN3O3. The summed E-state index contributed by atoms with van der Waals surface area (Å²) in [5.74, 6) is -0.874. The lowest BCUT2D eigenvalue weighted by atomic mass is 10.2. The molecule has 1 aromatic heterocycles. The van der Waals surface area contributed by atoms with Crippen LogP contribution in [0.25, 0.3) is 0 Å². The normalized spacial score (nSPS) is 10.2. The number of nitrogens with zero attached hydrogens (tertiary/aromatic N) is 3. The van der Waals surface area contributed by atoms with Gasteiger partial charge in [0.15, 0.2) is 0 Å². The number of benzene rings is 1. The van der Waals surface area contributed by atoms with Crippen LogP contribution in [-0.2, 0) is 7.05 Å². The van der Waals surface area contributed by atoms with Gasteiger partial charge in [-0.1, -0.05) is 15.9 Å². The average Bonchev–Trinajstić information content (AvgIpc) is 2.63. The van der Waals surface area contributed by atoms with Gasteiger partial charge in [0.2, 0.25) is 0 Å². The summed E-state index contributed by atoms with van der Waals surface area (Å²) in [5.41, 5.74) is 0.0562. The van der Waals surface area contributed by atoms with Crippen LogP contribution in [0.3, 0.4) is 0 Å². The summed E-state index contributed by atoms with van der Waals surface area (Å²) in [4.78, 5) is 14.8. The fourth-order valence-corrected chi connectivity index (χ4v) is 1.56. The summed E-state index contributed by atoms with van der Waals surface area (Å²) >= 11 is 3.25. The lowest BCUT2D eigenvalue weighted by Crippen LogP contribution is -2.00. The molecule has 0 spiro atoms. The zero-order chi connectivity index (χ0) is 12.4. The number of ether oxygens (including phenoxy) is 1. The number of aromatic carboxylic acids is 1. The molecule has 7 heteroatoms. The molecule has 2 rings (SSSR count). The monoisotopic (exact) mass is 297 g/mol. The van der Waals surface area contributed by atoms with E-state index in [1.807, 2.05) is 0 Å². The molecule has 17 heavy (non-hydrogen) atoms. The highest BCUT2D eigenvalue weighted by atomic mass is 79.9. The van der Waals surface area contributed by atoms with Crippen LogP contribution in [-0.4, -0.2) is 25.8 Å². The molecule has 0 saturated heterocycles. The van der Waals surface area contributed by atoms with Crippen LogP contribution in [0.15, 0.2) is 29.0 Å². The van der Waals surface area contributed by atoms with E-state index in [9.17, 15) is 4.79 Å². The molecule has 0 aliphatic carbocycles. The summed E-state index contributed by atoms with van der Waals surface area (Å²) in [6.07, 6.45) is 1.47. The number of carbonyl (C=O) groups is 1. The average molecular weight is 298 g/mol. The summed E-state index contributed by atoms with van der Waals surface area (Å²) in [6, 6.07) is 4.74. The number of carboxylic acid groups (broad SMARTS) is 1. The van der Waals surface area contributed by atoms with Crippen LogP contribution >= 0.6 is 15.9 Å². The van der Waals surface area contributed by atoms with Crippen molar-refractivity contribution in [3.05, 3.63) is 34.6 Å². The van der Waals surface area contributed by atoms with Crippen molar-refractivity contribution in [2.75, 3.05) is 0 Å². The minimum absolute atomic E-state index is 0.0562. The van der Waals surface area contributed by atoms with Crippen LogP contribution in [0.1, 0.15) is 10.4 Å². The number of halogens is 1. The van der Waals surface area contributed by atoms with Crippen molar-refractivity contribution in [3.8, 4) is 11.8 Å². The zero-order valence-corrected chi connectivity index (χ0v) is 10.4. The van der Waals surface area contributed by atoms with Crippen molar-refractivity contribution in [1.29, 1.82) is 0 Å². The second-order valence-corrected chi connectivity index (χ2v) is 4.16. The molecule has 1 aromatic carbocycles. The quantitative estimate of drug-likeness (QED) is 0.938.